The Kier molecular flexibility index (Phi) is 6.75. The molecule has 25 heavy (non-hydrogen) atoms. The number of nitrogens with two attached hydrogens (primary N) is 1. The van der Waals surface area contributed by atoms with Crippen molar-refractivity contribution >= 4 is 52.0 Å². The maximum absolute atomic E-state index is 11.9. The zero-order chi connectivity index (χ0) is 18.6. The molecule has 0 radical (unpaired) electrons. The molecule has 134 valence electrons. The predicted octanol–water partition coefficient (Wildman–Crippen LogP) is 3.05. The number of rotatable bonds is 5. The van der Waals surface area contributed by atoms with E-state index in [9.17, 15) is 9.59 Å². The van der Waals surface area contributed by atoms with Gasteiger partial charge in [0, 0.05) is 11.3 Å². The molecule has 0 aromatic heterocycles. The molecule has 0 bridgehead atoms. The zero-order valence-electron chi connectivity index (χ0n) is 13.6. The number of nitrogens with zero attached hydrogens (tertiary/aromatic N) is 1. The minimum absolute atomic E-state index is 0.0921. The lowest BCUT2D eigenvalue weighted by Gasteiger charge is -2.25. The number of halogens is 2. The average Bonchev–Trinajstić information content (AvgIpc) is 2.55. The fraction of sp³-hybridized carbons (Fsp3) is 0.312. The third-order valence-corrected chi connectivity index (χ3v) is 5.09. The fourth-order valence-corrected chi connectivity index (χ4v) is 3.48. The average molecular weight is 402 g/mol. The number of hydrogen-bond donors (Lipinski definition) is 2. The Labute approximate surface area is 159 Å². The second kappa shape index (κ2) is 8.60. The lowest BCUT2D eigenvalue weighted by molar-refractivity contribution is -0.139. The summed E-state index contributed by atoms with van der Waals surface area (Å²) < 4.78 is 4.90. The highest BCUT2D eigenvalue weighted by Gasteiger charge is 2.30. The van der Waals surface area contributed by atoms with Gasteiger partial charge in [0.05, 0.1) is 28.0 Å². The summed E-state index contributed by atoms with van der Waals surface area (Å²) in [6.45, 7) is 3.76. The predicted molar refractivity (Wildman–Crippen MR) is 101 cm³/mol. The van der Waals surface area contributed by atoms with Gasteiger partial charge >= 0.3 is 5.97 Å². The zero-order valence-corrected chi connectivity index (χ0v) is 16.0. The Morgan fingerprint density at radius 1 is 1.40 bits per heavy atom. The van der Waals surface area contributed by atoms with E-state index in [-0.39, 0.29) is 11.7 Å². The van der Waals surface area contributed by atoms with Crippen LogP contribution in [0.4, 0.5) is 0 Å². The number of allylic oxidation sites excluding steroid dienone is 1. The Morgan fingerprint density at radius 3 is 2.76 bits per heavy atom. The maximum atomic E-state index is 11.9. The topological polar surface area (TPSA) is 93.8 Å². The molecule has 0 aliphatic carbocycles. The van der Waals surface area contributed by atoms with Gasteiger partial charge in [0.2, 0.25) is 5.91 Å². The number of amides is 1. The Balaban J connectivity index is 2.36. The van der Waals surface area contributed by atoms with Gasteiger partial charge in [-0.2, -0.15) is 0 Å². The molecule has 2 rings (SSSR count). The van der Waals surface area contributed by atoms with E-state index >= 15 is 0 Å². The molecule has 1 amide bonds. The largest absolute Gasteiger partial charge is 0.465 e. The molecule has 1 heterocycles. The summed E-state index contributed by atoms with van der Waals surface area (Å²) in [7, 11) is 0. The molecule has 3 N–H and O–H groups in total. The van der Waals surface area contributed by atoms with Crippen molar-refractivity contribution < 1.29 is 14.3 Å². The lowest BCUT2D eigenvalue weighted by Crippen LogP contribution is -2.33. The van der Waals surface area contributed by atoms with Crippen molar-refractivity contribution in [1.82, 2.24) is 5.32 Å². The highest BCUT2D eigenvalue weighted by Crippen LogP contribution is 2.38. The van der Waals surface area contributed by atoms with E-state index in [0.29, 0.717) is 38.7 Å². The SMILES string of the molecule is CCOC(=O)CSC1=N[C@H](c2cccc(Cl)c2Cl)C(C(N)=O)=C(C)N1. The van der Waals surface area contributed by atoms with Crippen LogP contribution in [-0.4, -0.2) is 29.4 Å². The van der Waals surface area contributed by atoms with Crippen LogP contribution in [0.1, 0.15) is 25.5 Å². The van der Waals surface area contributed by atoms with Crippen molar-refractivity contribution in [3.8, 4) is 0 Å². The van der Waals surface area contributed by atoms with Crippen LogP contribution in [0.25, 0.3) is 0 Å². The summed E-state index contributed by atoms with van der Waals surface area (Å²) >= 11 is 13.5. The molecular weight excluding hydrogens is 385 g/mol. The summed E-state index contributed by atoms with van der Waals surface area (Å²) in [5, 5.41) is 4.12. The first kappa shape index (κ1) is 19.6. The molecule has 0 unspecified atom stereocenters. The van der Waals surface area contributed by atoms with Gasteiger partial charge in [-0.15, -0.1) is 0 Å². The molecule has 1 aromatic rings. The van der Waals surface area contributed by atoms with E-state index in [1.807, 2.05) is 0 Å². The fourth-order valence-electron chi connectivity index (χ4n) is 2.33. The standard InChI is InChI=1S/C16H17Cl2N3O3S/c1-3-24-11(22)7-25-16-20-8(2)12(15(19)23)14(21-16)9-5-4-6-10(17)13(9)18/h4-6,14H,3,7H2,1-2H3,(H2,19,23)(H,20,21)/t14-/m1/s1. The third kappa shape index (κ3) is 4.68. The van der Waals surface area contributed by atoms with Crippen molar-refractivity contribution in [2.75, 3.05) is 12.4 Å². The molecule has 1 aromatic carbocycles. The van der Waals surface area contributed by atoms with E-state index in [4.69, 9.17) is 33.7 Å². The second-order valence-corrected chi connectivity index (χ2v) is 6.85. The van der Waals surface area contributed by atoms with E-state index in [2.05, 4.69) is 10.3 Å². The van der Waals surface area contributed by atoms with Crippen LogP contribution in [0.15, 0.2) is 34.5 Å². The van der Waals surface area contributed by atoms with Gasteiger partial charge in [0.15, 0.2) is 5.17 Å². The molecule has 9 heteroatoms. The number of benzene rings is 1. The van der Waals surface area contributed by atoms with E-state index in [0.717, 1.165) is 0 Å². The highest BCUT2D eigenvalue weighted by atomic mass is 35.5. The number of hydrogen-bond acceptors (Lipinski definition) is 6. The van der Waals surface area contributed by atoms with Crippen LogP contribution in [0.3, 0.4) is 0 Å². The number of amidine groups is 1. The van der Waals surface area contributed by atoms with E-state index in [1.165, 1.54) is 11.8 Å². The van der Waals surface area contributed by atoms with Crippen LogP contribution >= 0.6 is 35.0 Å². The summed E-state index contributed by atoms with van der Waals surface area (Å²) in [5.74, 6) is -0.865. The molecule has 0 saturated carbocycles. The van der Waals surface area contributed by atoms with Crippen LogP contribution in [0, 0.1) is 0 Å². The van der Waals surface area contributed by atoms with Crippen molar-refractivity contribution in [1.29, 1.82) is 0 Å². The van der Waals surface area contributed by atoms with E-state index < -0.39 is 11.9 Å². The van der Waals surface area contributed by atoms with Gasteiger partial charge in [-0.25, -0.2) is 4.99 Å². The van der Waals surface area contributed by atoms with Crippen molar-refractivity contribution in [3.05, 3.63) is 45.1 Å². The van der Waals surface area contributed by atoms with Crippen molar-refractivity contribution in [3.63, 3.8) is 0 Å². The summed E-state index contributed by atoms with van der Waals surface area (Å²) in [6, 6.07) is 4.40. The number of ether oxygens (including phenoxy) is 1. The first-order valence-corrected chi connectivity index (χ1v) is 9.17. The van der Waals surface area contributed by atoms with Gasteiger partial charge < -0.3 is 15.8 Å². The molecule has 0 saturated heterocycles. The molecule has 1 aliphatic rings. The number of carbonyl (C=O) groups excluding carboxylic acids is 2. The van der Waals surface area contributed by atoms with Crippen LogP contribution in [-0.2, 0) is 14.3 Å². The number of nitrogens with one attached hydrogen (secondary N) is 1. The monoisotopic (exact) mass is 401 g/mol. The van der Waals surface area contributed by atoms with Crippen LogP contribution in [0.2, 0.25) is 10.0 Å². The minimum Gasteiger partial charge on any atom is -0.465 e. The first-order valence-electron chi connectivity index (χ1n) is 7.42. The van der Waals surface area contributed by atoms with Gasteiger partial charge in [0.1, 0.15) is 6.04 Å². The molecule has 0 fully saturated rings. The molecular formula is C16H17Cl2N3O3S. The molecule has 1 atom stereocenters. The second-order valence-electron chi connectivity index (χ2n) is 5.10. The van der Waals surface area contributed by atoms with Gasteiger partial charge in [-0.1, -0.05) is 47.1 Å². The summed E-state index contributed by atoms with van der Waals surface area (Å²) in [4.78, 5) is 27.9. The van der Waals surface area contributed by atoms with Gasteiger partial charge in [0.25, 0.3) is 0 Å². The van der Waals surface area contributed by atoms with Crippen LogP contribution in [0.5, 0.6) is 0 Å². The minimum atomic E-state index is -0.699. The first-order chi connectivity index (χ1) is 11.8. The van der Waals surface area contributed by atoms with Gasteiger partial charge in [-0.3, -0.25) is 9.59 Å². The number of carbonyl (C=O) groups is 2. The summed E-state index contributed by atoms with van der Waals surface area (Å²) in [5.41, 5.74) is 6.93. The Hall–Kier alpha value is -1.70. The Morgan fingerprint density at radius 2 is 2.12 bits per heavy atom. The third-order valence-electron chi connectivity index (χ3n) is 3.39. The Bertz CT molecular complexity index is 765. The lowest BCUT2D eigenvalue weighted by atomic mass is 9.96. The smallest absolute Gasteiger partial charge is 0.316 e. The quantitative estimate of drug-likeness (QED) is 0.739. The normalized spacial score (nSPS) is 17.0. The van der Waals surface area contributed by atoms with Crippen molar-refractivity contribution in [2.45, 2.75) is 19.9 Å². The van der Waals surface area contributed by atoms with E-state index in [1.54, 1.807) is 32.0 Å². The summed E-state index contributed by atoms with van der Waals surface area (Å²) in [6.07, 6.45) is 0. The molecule has 1 aliphatic heterocycles. The molecule has 6 nitrogen and oxygen atoms in total. The van der Waals surface area contributed by atoms with Crippen LogP contribution < -0.4 is 11.1 Å². The molecule has 0 spiro atoms. The number of aliphatic imine (C=N–C) groups is 1. The highest BCUT2D eigenvalue weighted by molar-refractivity contribution is 8.14. The van der Waals surface area contributed by atoms with Crippen molar-refractivity contribution in [2.24, 2.45) is 10.7 Å². The number of esters is 1. The number of thioether (sulfide) groups is 1. The maximum Gasteiger partial charge on any atom is 0.316 e. The number of primary amides is 1. The van der Waals surface area contributed by atoms with Gasteiger partial charge in [-0.05, 0) is 19.9 Å².